The zero-order valence-corrected chi connectivity index (χ0v) is 16.2. The monoisotopic (exact) mass is 410 g/mol. The molecule has 2 aliphatic rings. The Morgan fingerprint density at radius 3 is 2.69 bits per heavy atom. The van der Waals surface area contributed by atoms with Crippen molar-refractivity contribution in [2.45, 2.75) is 45.4 Å². The van der Waals surface area contributed by atoms with Crippen LogP contribution in [0.4, 0.5) is 0 Å². The molecule has 0 aliphatic heterocycles. The summed E-state index contributed by atoms with van der Waals surface area (Å²) in [5.74, 6) is 1.14. The molecular weight excluding hydrogens is 384 g/mol. The fourth-order valence-corrected chi connectivity index (χ4v) is 4.76. The fourth-order valence-electron chi connectivity index (χ4n) is 4.36. The summed E-state index contributed by atoms with van der Waals surface area (Å²) in [5, 5.41) is 0. The molecule has 2 heteroatoms. The molecule has 0 heterocycles. The van der Waals surface area contributed by atoms with Crippen molar-refractivity contribution in [3.8, 4) is 0 Å². The Morgan fingerprint density at radius 2 is 1.92 bits per heavy atom. The molecule has 1 unspecified atom stereocenters. The van der Waals surface area contributed by atoms with Gasteiger partial charge in [-0.1, -0.05) is 65.8 Å². The largest absolute Gasteiger partial charge is 0.498 e. The summed E-state index contributed by atoms with van der Waals surface area (Å²) in [6, 6.07) is 17.7. The van der Waals surface area contributed by atoms with Gasteiger partial charge in [-0.05, 0) is 66.7 Å². The van der Waals surface area contributed by atoms with E-state index in [0.717, 1.165) is 38.0 Å². The highest BCUT2D eigenvalue weighted by atomic mass is 79.9. The number of fused-ring (bicyclic) bond motifs is 3. The van der Waals surface area contributed by atoms with Crippen LogP contribution < -0.4 is 0 Å². The third kappa shape index (κ3) is 3.40. The Morgan fingerprint density at radius 1 is 1.12 bits per heavy atom. The number of hydrogen-bond acceptors (Lipinski definition) is 1. The lowest BCUT2D eigenvalue weighted by molar-refractivity contribution is 0.204. The molecule has 26 heavy (non-hydrogen) atoms. The van der Waals surface area contributed by atoms with Gasteiger partial charge in [-0.15, -0.1) is 0 Å². The first-order valence-electron chi connectivity index (χ1n) is 9.08. The molecule has 0 saturated heterocycles. The number of ether oxygens (including phenoxy) is 1. The standard InChI is InChI=1S/C23H23BrO.CH4/c1-2-25-21-12-13-23(16-17-6-4-3-5-7-17)19(15-21)9-8-18-14-20(24)10-11-22(18)23;/h3-7,9-11,14-15H,2,8,12-13,16H2,1H3;1H4. The Bertz CT molecular complexity index is 835. The average Bonchev–Trinajstić information content (AvgIpc) is 2.63. The van der Waals surface area contributed by atoms with Gasteiger partial charge in [-0.25, -0.2) is 0 Å². The number of hydrogen-bond donors (Lipinski definition) is 0. The SMILES string of the molecule is C.CCOC1=CC2=CCc3cc(Br)ccc3C2(Cc2ccccc2)CC1. The van der Waals surface area contributed by atoms with Crippen LogP contribution in [-0.4, -0.2) is 6.61 Å². The van der Waals surface area contributed by atoms with E-state index >= 15 is 0 Å². The predicted molar refractivity (Wildman–Crippen MR) is 113 cm³/mol. The molecule has 1 nitrogen and oxygen atoms in total. The second kappa shape index (κ2) is 7.84. The second-order valence-electron chi connectivity index (χ2n) is 6.95. The van der Waals surface area contributed by atoms with Gasteiger partial charge in [0.05, 0.1) is 12.4 Å². The Kier molecular flexibility index (Phi) is 5.72. The molecule has 136 valence electrons. The summed E-state index contributed by atoms with van der Waals surface area (Å²) in [4.78, 5) is 0. The minimum Gasteiger partial charge on any atom is -0.498 e. The molecule has 0 aromatic heterocycles. The van der Waals surface area contributed by atoms with Crippen molar-refractivity contribution in [2.24, 2.45) is 0 Å². The lowest BCUT2D eigenvalue weighted by Crippen LogP contribution is -2.36. The van der Waals surface area contributed by atoms with Crippen molar-refractivity contribution >= 4 is 15.9 Å². The van der Waals surface area contributed by atoms with Gasteiger partial charge >= 0.3 is 0 Å². The van der Waals surface area contributed by atoms with Crippen molar-refractivity contribution in [2.75, 3.05) is 6.61 Å². The molecule has 0 radical (unpaired) electrons. The van der Waals surface area contributed by atoms with Crippen molar-refractivity contribution in [3.05, 3.63) is 93.2 Å². The normalized spacial score (nSPS) is 20.8. The van der Waals surface area contributed by atoms with E-state index in [-0.39, 0.29) is 12.8 Å². The average molecular weight is 411 g/mol. The number of rotatable bonds is 4. The lowest BCUT2D eigenvalue weighted by Gasteiger charge is -2.43. The van der Waals surface area contributed by atoms with Crippen molar-refractivity contribution < 1.29 is 4.74 Å². The third-order valence-electron chi connectivity index (χ3n) is 5.47. The number of halogens is 1. The van der Waals surface area contributed by atoms with Gasteiger partial charge in [0.25, 0.3) is 0 Å². The maximum Gasteiger partial charge on any atom is 0.0962 e. The van der Waals surface area contributed by atoms with E-state index in [0.29, 0.717) is 0 Å². The van der Waals surface area contributed by atoms with Gasteiger partial charge in [0.15, 0.2) is 0 Å². The second-order valence-corrected chi connectivity index (χ2v) is 7.87. The van der Waals surface area contributed by atoms with Crippen LogP contribution in [0.2, 0.25) is 0 Å². The Hall–Kier alpha value is -1.80. The molecule has 4 rings (SSSR count). The summed E-state index contributed by atoms with van der Waals surface area (Å²) in [7, 11) is 0. The topological polar surface area (TPSA) is 9.23 Å². The first kappa shape index (κ1) is 19.0. The van der Waals surface area contributed by atoms with Crippen LogP contribution in [-0.2, 0) is 23.0 Å². The molecule has 0 spiro atoms. The van der Waals surface area contributed by atoms with Crippen LogP contribution in [0.25, 0.3) is 0 Å². The van der Waals surface area contributed by atoms with E-state index < -0.39 is 0 Å². The molecule has 0 bridgehead atoms. The van der Waals surface area contributed by atoms with Gasteiger partial charge in [0.2, 0.25) is 0 Å². The first-order valence-corrected chi connectivity index (χ1v) is 9.87. The summed E-state index contributed by atoms with van der Waals surface area (Å²) < 4.78 is 7.01. The molecule has 1 atom stereocenters. The highest BCUT2D eigenvalue weighted by Gasteiger charge is 2.41. The maximum absolute atomic E-state index is 5.85. The molecule has 2 aromatic rings. The van der Waals surface area contributed by atoms with Crippen LogP contribution in [0.3, 0.4) is 0 Å². The van der Waals surface area contributed by atoms with Crippen LogP contribution in [0.5, 0.6) is 0 Å². The van der Waals surface area contributed by atoms with E-state index in [1.54, 1.807) is 0 Å². The van der Waals surface area contributed by atoms with Gasteiger partial charge in [-0.3, -0.25) is 0 Å². The molecule has 2 aromatic carbocycles. The van der Waals surface area contributed by atoms with Gasteiger partial charge in [-0.2, -0.15) is 0 Å². The molecule has 0 N–H and O–H groups in total. The van der Waals surface area contributed by atoms with E-state index in [1.165, 1.54) is 26.7 Å². The van der Waals surface area contributed by atoms with Gasteiger partial charge in [0, 0.05) is 16.3 Å². The van der Waals surface area contributed by atoms with Crippen LogP contribution in [0.1, 0.15) is 43.9 Å². The molecule has 0 amide bonds. The van der Waals surface area contributed by atoms with Gasteiger partial charge < -0.3 is 4.74 Å². The quantitative estimate of drug-likeness (QED) is 0.540. The highest BCUT2D eigenvalue weighted by molar-refractivity contribution is 9.10. The summed E-state index contributed by atoms with van der Waals surface area (Å²) >= 11 is 3.64. The van der Waals surface area contributed by atoms with Gasteiger partial charge in [0.1, 0.15) is 0 Å². The van der Waals surface area contributed by atoms with Crippen molar-refractivity contribution in [1.29, 1.82) is 0 Å². The van der Waals surface area contributed by atoms with Crippen LogP contribution >= 0.6 is 15.9 Å². The Labute approximate surface area is 165 Å². The molecule has 0 saturated carbocycles. The Balaban J connectivity index is 0.00000196. The highest BCUT2D eigenvalue weighted by Crippen LogP contribution is 2.49. The summed E-state index contributed by atoms with van der Waals surface area (Å²) in [5.41, 5.74) is 5.83. The zero-order chi connectivity index (χ0) is 17.3. The maximum atomic E-state index is 5.85. The summed E-state index contributed by atoms with van der Waals surface area (Å²) in [6.45, 7) is 2.81. The third-order valence-corrected chi connectivity index (χ3v) is 5.96. The van der Waals surface area contributed by atoms with E-state index in [9.17, 15) is 0 Å². The van der Waals surface area contributed by atoms with E-state index in [1.807, 2.05) is 0 Å². The number of allylic oxidation sites excluding steroid dienone is 4. The smallest absolute Gasteiger partial charge is 0.0962 e. The van der Waals surface area contributed by atoms with Crippen LogP contribution in [0, 0.1) is 0 Å². The number of benzene rings is 2. The first-order chi connectivity index (χ1) is 12.2. The lowest BCUT2D eigenvalue weighted by atomic mass is 9.61. The fraction of sp³-hybridized carbons (Fsp3) is 0.333. The predicted octanol–water partition coefficient (Wildman–Crippen LogP) is 6.76. The van der Waals surface area contributed by atoms with E-state index in [2.05, 4.69) is 83.5 Å². The minimum absolute atomic E-state index is 0. The van der Waals surface area contributed by atoms with Crippen molar-refractivity contribution in [3.63, 3.8) is 0 Å². The van der Waals surface area contributed by atoms with Crippen molar-refractivity contribution in [1.82, 2.24) is 0 Å². The zero-order valence-electron chi connectivity index (χ0n) is 14.6. The molecular formula is C24H27BrO. The van der Waals surface area contributed by atoms with E-state index in [4.69, 9.17) is 4.74 Å². The van der Waals surface area contributed by atoms with Crippen LogP contribution in [0.15, 0.2) is 76.5 Å². The minimum atomic E-state index is 0. The molecule has 2 aliphatic carbocycles. The molecule has 0 fully saturated rings. The summed E-state index contributed by atoms with van der Waals surface area (Å²) in [6.07, 6.45) is 8.87.